The van der Waals surface area contributed by atoms with Crippen LogP contribution in [0, 0.1) is 0 Å². The molecule has 3 heteroatoms. The molecule has 1 heterocycles. The Labute approximate surface area is 117 Å². The number of para-hydroxylation sites is 1. The van der Waals surface area contributed by atoms with Crippen LogP contribution in [0.3, 0.4) is 0 Å². The second-order valence-electron chi connectivity index (χ2n) is 4.50. The van der Waals surface area contributed by atoms with Crippen molar-refractivity contribution in [3.05, 3.63) is 71.0 Å². The minimum Gasteiger partial charge on any atom is -0.494 e. The third-order valence-corrected chi connectivity index (χ3v) is 3.19. The van der Waals surface area contributed by atoms with Crippen LogP contribution in [0.25, 0.3) is 16.6 Å². The number of pyridine rings is 1. The predicted molar refractivity (Wildman–Crippen MR) is 80.7 cm³/mol. The zero-order valence-corrected chi connectivity index (χ0v) is 11.2. The molecule has 0 spiro atoms. The molecule has 0 bridgehead atoms. The van der Waals surface area contributed by atoms with Gasteiger partial charge in [0.1, 0.15) is 5.75 Å². The number of benzene rings is 2. The fraction of sp³-hybridized carbons (Fsp3) is 0.118. The molecule has 0 fully saturated rings. The lowest BCUT2D eigenvalue weighted by Gasteiger charge is -2.11. The quantitative estimate of drug-likeness (QED) is 0.727. The van der Waals surface area contributed by atoms with E-state index in [4.69, 9.17) is 4.74 Å². The van der Waals surface area contributed by atoms with Crippen LogP contribution in [0.1, 0.15) is 6.92 Å². The van der Waals surface area contributed by atoms with E-state index in [2.05, 4.69) is 0 Å². The maximum absolute atomic E-state index is 12.2. The maximum atomic E-state index is 12.2. The van der Waals surface area contributed by atoms with Crippen LogP contribution in [0.4, 0.5) is 0 Å². The standard InChI is InChI=1S/C17H15NO2/c1-2-20-15-8-5-7-14(12-15)18-16-9-4-3-6-13(16)10-11-17(18)19/h3-12H,2H2,1H3. The van der Waals surface area contributed by atoms with Crippen molar-refractivity contribution in [1.29, 1.82) is 0 Å². The third kappa shape index (κ3) is 2.18. The van der Waals surface area contributed by atoms with Crippen LogP contribution in [-0.4, -0.2) is 11.2 Å². The van der Waals surface area contributed by atoms with Gasteiger partial charge in [-0.15, -0.1) is 0 Å². The first-order valence-corrected chi connectivity index (χ1v) is 6.63. The Bertz CT molecular complexity index is 805. The van der Waals surface area contributed by atoms with E-state index >= 15 is 0 Å². The van der Waals surface area contributed by atoms with Crippen LogP contribution in [0.5, 0.6) is 5.75 Å². The van der Waals surface area contributed by atoms with Gasteiger partial charge in [-0.25, -0.2) is 0 Å². The van der Waals surface area contributed by atoms with Crippen molar-refractivity contribution in [1.82, 2.24) is 4.57 Å². The van der Waals surface area contributed by atoms with E-state index in [1.54, 1.807) is 10.6 Å². The van der Waals surface area contributed by atoms with Gasteiger partial charge >= 0.3 is 0 Å². The van der Waals surface area contributed by atoms with Gasteiger partial charge in [-0.05, 0) is 36.6 Å². The van der Waals surface area contributed by atoms with Crippen molar-refractivity contribution in [3.8, 4) is 11.4 Å². The molecule has 0 aliphatic rings. The minimum absolute atomic E-state index is 0.0441. The molecule has 0 saturated carbocycles. The van der Waals surface area contributed by atoms with Crippen molar-refractivity contribution >= 4 is 10.9 Å². The zero-order valence-electron chi connectivity index (χ0n) is 11.2. The lowest BCUT2D eigenvalue weighted by atomic mass is 10.2. The summed E-state index contributed by atoms with van der Waals surface area (Å²) in [5.41, 5.74) is 1.67. The first kappa shape index (κ1) is 12.5. The summed E-state index contributed by atoms with van der Waals surface area (Å²) >= 11 is 0. The molecule has 0 radical (unpaired) electrons. The lowest BCUT2D eigenvalue weighted by molar-refractivity contribution is 0.340. The van der Waals surface area contributed by atoms with Crippen LogP contribution in [0.2, 0.25) is 0 Å². The van der Waals surface area contributed by atoms with E-state index in [0.717, 1.165) is 22.3 Å². The minimum atomic E-state index is -0.0441. The number of hydrogen-bond acceptors (Lipinski definition) is 2. The molecule has 3 nitrogen and oxygen atoms in total. The number of ether oxygens (including phenoxy) is 1. The highest BCUT2D eigenvalue weighted by atomic mass is 16.5. The van der Waals surface area contributed by atoms with Gasteiger partial charge in [0, 0.05) is 12.1 Å². The summed E-state index contributed by atoms with van der Waals surface area (Å²) in [6.07, 6.45) is 0. The Morgan fingerprint density at radius 1 is 1.00 bits per heavy atom. The SMILES string of the molecule is CCOc1cccc(-n2c(=O)ccc3ccccc32)c1. The Balaban J connectivity index is 2.26. The molecule has 0 saturated heterocycles. The summed E-state index contributed by atoms with van der Waals surface area (Å²) in [7, 11) is 0. The van der Waals surface area contributed by atoms with Crippen LogP contribution in [0.15, 0.2) is 65.5 Å². The molecule has 0 N–H and O–H groups in total. The molecule has 20 heavy (non-hydrogen) atoms. The molecule has 100 valence electrons. The second kappa shape index (κ2) is 5.21. The molecule has 0 aliphatic heterocycles. The molecule has 2 aromatic carbocycles. The number of aromatic nitrogens is 1. The average Bonchev–Trinajstić information content (AvgIpc) is 2.48. The molecular formula is C17H15NO2. The van der Waals surface area contributed by atoms with Gasteiger partial charge < -0.3 is 4.74 Å². The summed E-state index contributed by atoms with van der Waals surface area (Å²) in [5.74, 6) is 0.768. The van der Waals surface area contributed by atoms with Gasteiger partial charge in [0.15, 0.2) is 0 Å². The van der Waals surface area contributed by atoms with E-state index in [1.807, 2.05) is 61.5 Å². The van der Waals surface area contributed by atoms with E-state index in [-0.39, 0.29) is 5.56 Å². The van der Waals surface area contributed by atoms with Crippen LogP contribution < -0.4 is 10.3 Å². The molecule has 0 aliphatic carbocycles. The molecule has 0 atom stereocenters. The number of fused-ring (bicyclic) bond motifs is 1. The normalized spacial score (nSPS) is 10.7. The fourth-order valence-corrected chi connectivity index (χ4v) is 2.33. The highest BCUT2D eigenvalue weighted by Crippen LogP contribution is 2.20. The predicted octanol–water partition coefficient (Wildman–Crippen LogP) is 3.39. The van der Waals surface area contributed by atoms with Crippen molar-refractivity contribution in [2.75, 3.05) is 6.61 Å². The highest BCUT2D eigenvalue weighted by molar-refractivity contribution is 5.80. The Morgan fingerprint density at radius 2 is 1.85 bits per heavy atom. The first-order chi connectivity index (χ1) is 9.79. The second-order valence-corrected chi connectivity index (χ2v) is 4.50. The monoisotopic (exact) mass is 265 g/mol. The largest absolute Gasteiger partial charge is 0.494 e. The fourth-order valence-electron chi connectivity index (χ4n) is 2.33. The van der Waals surface area contributed by atoms with Crippen molar-refractivity contribution in [3.63, 3.8) is 0 Å². The number of nitrogens with zero attached hydrogens (tertiary/aromatic N) is 1. The molecule has 3 aromatic rings. The van der Waals surface area contributed by atoms with Gasteiger partial charge in [0.2, 0.25) is 0 Å². The van der Waals surface area contributed by atoms with Crippen molar-refractivity contribution in [2.45, 2.75) is 6.92 Å². The number of rotatable bonds is 3. The summed E-state index contributed by atoms with van der Waals surface area (Å²) in [4.78, 5) is 12.2. The van der Waals surface area contributed by atoms with Gasteiger partial charge in [-0.2, -0.15) is 0 Å². The van der Waals surface area contributed by atoms with Gasteiger partial charge in [-0.1, -0.05) is 24.3 Å². The van der Waals surface area contributed by atoms with Gasteiger partial charge in [-0.3, -0.25) is 9.36 Å². The Morgan fingerprint density at radius 3 is 2.70 bits per heavy atom. The maximum Gasteiger partial charge on any atom is 0.255 e. The van der Waals surface area contributed by atoms with Crippen LogP contribution in [-0.2, 0) is 0 Å². The Kier molecular flexibility index (Phi) is 3.25. The van der Waals surface area contributed by atoms with E-state index in [0.29, 0.717) is 6.61 Å². The molecule has 0 amide bonds. The first-order valence-electron chi connectivity index (χ1n) is 6.63. The third-order valence-electron chi connectivity index (χ3n) is 3.19. The molecule has 1 aromatic heterocycles. The smallest absolute Gasteiger partial charge is 0.255 e. The Hall–Kier alpha value is -2.55. The van der Waals surface area contributed by atoms with E-state index in [1.165, 1.54) is 0 Å². The van der Waals surface area contributed by atoms with Gasteiger partial charge in [0.25, 0.3) is 5.56 Å². The van der Waals surface area contributed by atoms with Crippen molar-refractivity contribution < 1.29 is 4.74 Å². The van der Waals surface area contributed by atoms with E-state index in [9.17, 15) is 4.79 Å². The molecular weight excluding hydrogens is 250 g/mol. The highest BCUT2D eigenvalue weighted by Gasteiger charge is 2.05. The summed E-state index contributed by atoms with van der Waals surface area (Å²) < 4.78 is 7.21. The summed E-state index contributed by atoms with van der Waals surface area (Å²) in [6.45, 7) is 2.55. The topological polar surface area (TPSA) is 31.2 Å². The van der Waals surface area contributed by atoms with Crippen molar-refractivity contribution in [2.24, 2.45) is 0 Å². The lowest BCUT2D eigenvalue weighted by Crippen LogP contribution is -2.17. The zero-order chi connectivity index (χ0) is 13.9. The molecule has 0 unspecified atom stereocenters. The summed E-state index contributed by atoms with van der Waals surface area (Å²) in [5, 5.41) is 1.04. The van der Waals surface area contributed by atoms with E-state index < -0.39 is 0 Å². The number of hydrogen-bond donors (Lipinski definition) is 0. The van der Waals surface area contributed by atoms with Gasteiger partial charge in [0.05, 0.1) is 17.8 Å². The van der Waals surface area contributed by atoms with Crippen LogP contribution >= 0.6 is 0 Å². The summed E-state index contributed by atoms with van der Waals surface area (Å²) in [6, 6.07) is 18.9. The molecule has 3 rings (SSSR count). The average molecular weight is 265 g/mol.